The zero-order valence-electron chi connectivity index (χ0n) is 20.0. The summed E-state index contributed by atoms with van der Waals surface area (Å²) in [5.41, 5.74) is 1.43. The van der Waals surface area contributed by atoms with E-state index < -0.39 is 10.0 Å². The summed E-state index contributed by atoms with van der Waals surface area (Å²) in [5, 5.41) is 0. The van der Waals surface area contributed by atoms with Crippen LogP contribution in [0, 0.1) is 11.8 Å². The Labute approximate surface area is 200 Å². The van der Waals surface area contributed by atoms with Crippen LogP contribution in [0.4, 0.5) is 0 Å². The Morgan fingerprint density at radius 1 is 1.00 bits per heavy atom. The van der Waals surface area contributed by atoms with Crippen LogP contribution in [0.1, 0.15) is 51.4 Å². The molecule has 1 amide bonds. The highest BCUT2D eigenvalue weighted by Gasteiger charge is 2.26. The summed E-state index contributed by atoms with van der Waals surface area (Å²) in [7, 11) is -3.63. The summed E-state index contributed by atoms with van der Waals surface area (Å²) in [5.74, 6) is 0.0557. The van der Waals surface area contributed by atoms with Gasteiger partial charge in [-0.3, -0.25) is 4.79 Å². The van der Waals surface area contributed by atoms with Crippen LogP contribution in [-0.2, 0) is 16.6 Å². The number of hydrogen-bond donors (Lipinski definition) is 0. The highest BCUT2D eigenvalue weighted by Crippen LogP contribution is 2.20. The SMILES string of the molecule is CCCn1c(=NC(=O)c2ccc(S(=O)(=O)N(CC(C)C)CC(C)C)cc2)sc2ccccc21. The van der Waals surface area contributed by atoms with E-state index in [1.165, 1.54) is 27.8 Å². The second kappa shape index (κ2) is 10.8. The predicted octanol–water partition coefficient (Wildman–Crippen LogP) is 5.16. The third-order valence-corrected chi connectivity index (χ3v) is 8.01. The molecule has 0 aliphatic rings. The van der Waals surface area contributed by atoms with Gasteiger partial charge in [0.1, 0.15) is 0 Å². The molecule has 33 heavy (non-hydrogen) atoms. The molecule has 0 N–H and O–H groups in total. The van der Waals surface area contributed by atoms with E-state index in [9.17, 15) is 13.2 Å². The van der Waals surface area contributed by atoms with Crippen LogP contribution in [0.2, 0.25) is 0 Å². The van der Waals surface area contributed by atoms with E-state index in [1.54, 1.807) is 12.1 Å². The van der Waals surface area contributed by atoms with Gasteiger partial charge in [-0.1, -0.05) is 58.1 Å². The van der Waals surface area contributed by atoms with Crippen molar-refractivity contribution >= 4 is 37.5 Å². The molecule has 0 radical (unpaired) electrons. The topological polar surface area (TPSA) is 71.7 Å². The minimum atomic E-state index is -3.63. The number of hydrogen-bond acceptors (Lipinski definition) is 4. The van der Waals surface area contributed by atoms with Crippen LogP contribution in [0.25, 0.3) is 10.2 Å². The zero-order chi connectivity index (χ0) is 24.2. The summed E-state index contributed by atoms with van der Waals surface area (Å²) >= 11 is 1.48. The third kappa shape index (κ3) is 5.99. The Kier molecular flexibility index (Phi) is 8.26. The lowest BCUT2D eigenvalue weighted by atomic mass is 10.2. The minimum absolute atomic E-state index is 0.197. The maximum atomic E-state index is 13.2. The highest BCUT2D eigenvalue weighted by molar-refractivity contribution is 7.89. The Balaban J connectivity index is 1.92. The van der Waals surface area contributed by atoms with Gasteiger partial charge >= 0.3 is 0 Å². The number of carbonyl (C=O) groups is 1. The first-order valence-corrected chi connectivity index (χ1v) is 13.7. The number of rotatable bonds is 9. The molecule has 0 unspecified atom stereocenters. The maximum absolute atomic E-state index is 13.2. The fourth-order valence-electron chi connectivity index (χ4n) is 3.70. The first-order valence-electron chi connectivity index (χ1n) is 11.4. The van der Waals surface area contributed by atoms with Crippen LogP contribution in [0.3, 0.4) is 0 Å². The van der Waals surface area contributed by atoms with E-state index in [-0.39, 0.29) is 22.6 Å². The average Bonchev–Trinajstić information content (AvgIpc) is 3.10. The van der Waals surface area contributed by atoms with Crippen molar-refractivity contribution in [3.8, 4) is 0 Å². The number of amides is 1. The van der Waals surface area contributed by atoms with Gasteiger partial charge in [0.25, 0.3) is 5.91 Å². The summed E-state index contributed by atoms with van der Waals surface area (Å²) in [6.07, 6.45) is 0.928. The number of para-hydroxylation sites is 1. The van der Waals surface area contributed by atoms with E-state index >= 15 is 0 Å². The molecule has 0 fully saturated rings. The molecule has 0 aliphatic heterocycles. The molecule has 3 rings (SSSR count). The monoisotopic (exact) mass is 487 g/mol. The lowest BCUT2D eigenvalue weighted by Crippen LogP contribution is -2.37. The standard InChI is InChI=1S/C25H33N3O3S2/c1-6-15-28-22-9-7-8-10-23(22)32-25(28)26-24(29)20-11-13-21(14-12-20)33(30,31)27(16-18(2)3)17-19(4)5/h7-14,18-19H,6,15-17H2,1-5H3. The lowest BCUT2D eigenvalue weighted by molar-refractivity contribution is 0.0997. The van der Waals surface area contributed by atoms with Gasteiger partial charge in [-0.15, -0.1) is 0 Å². The normalized spacial score (nSPS) is 13.0. The van der Waals surface area contributed by atoms with Gasteiger partial charge < -0.3 is 4.57 Å². The molecule has 6 nitrogen and oxygen atoms in total. The Morgan fingerprint density at radius 3 is 2.18 bits per heavy atom. The van der Waals surface area contributed by atoms with Crippen LogP contribution < -0.4 is 4.80 Å². The lowest BCUT2D eigenvalue weighted by Gasteiger charge is -2.25. The molecule has 0 saturated heterocycles. The molecule has 8 heteroatoms. The number of sulfonamides is 1. The van der Waals surface area contributed by atoms with Crippen molar-refractivity contribution in [1.29, 1.82) is 0 Å². The van der Waals surface area contributed by atoms with Crippen molar-refractivity contribution in [2.24, 2.45) is 16.8 Å². The van der Waals surface area contributed by atoms with Gasteiger partial charge in [0.05, 0.1) is 15.1 Å². The van der Waals surface area contributed by atoms with Crippen molar-refractivity contribution < 1.29 is 13.2 Å². The van der Waals surface area contributed by atoms with Crippen molar-refractivity contribution in [3.63, 3.8) is 0 Å². The van der Waals surface area contributed by atoms with Gasteiger partial charge in [0.2, 0.25) is 10.0 Å². The van der Waals surface area contributed by atoms with Gasteiger partial charge in [0, 0.05) is 25.2 Å². The number of carbonyl (C=O) groups excluding carboxylic acids is 1. The molecular weight excluding hydrogens is 454 g/mol. The van der Waals surface area contributed by atoms with Crippen LogP contribution in [0.5, 0.6) is 0 Å². The largest absolute Gasteiger partial charge is 0.316 e. The molecule has 1 heterocycles. The second-order valence-electron chi connectivity index (χ2n) is 9.06. The van der Waals surface area contributed by atoms with Crippen LogP contribution >= 0.6 is 11.3 Å². The summed E-state index contributed by atoms with van der Waals surface area (Å²) in [6, 6.07) is 14.1. The van der Waals surface area contributed by atoms with Gasteiger partial charge in [0.15, 0.2) is 4.80 Å². The molecule has 0 aliphatic carbocycles. The number of nitrogens with zero attached hydrogens (tertiary/aromatic N) is 3. The van der Waals surface area contributed by atoms with Crippen LogP contribution in [-0.4, -0.2) is 36.3 Å². The van der Waals surface area contributed by atoms with Crippen molar-refractivity contribution in [2.75, 3.05) is 13.1 Å². The van der Waals surface area contributed by atoms with E-state index in [0.717, 1.165) is 23.2 Å². The number of fused-ring (bicyclic) bond motifs is 1. The molecule has 1 aromatic heterocycles. The first-order chi connectivity index (χ1) is 15.6. The van der Waals surface area contributed by atoms with E-state index in [0.29, 0.717) is 23.5 Å². The highest BCUT2D eigenvalue weighted by atomic mass is 32.2. The smallest absolute Gasteiger partial charge is 0.279 e. The second-order valence-corrected chi connectivity index (χ2v) is 12.0. The molecule has 0 atom stereocenters. The van der Waals surface area contributed by atoms with Crippen molar-refractivity contribution in [2.45, 2.75) is 52.5 Å². The predicted molar refractivity (Wildman–Crippen MR) is 135 cm³/mol. The van der Waals surface area contributed by atoms with E-state index in [2.05, 4.69) is 16.5 Å². The number of benzene rings is 2. The Hall–Kier alpha value is -2.29. The third-order valence-electron chi connectivity index (χ3n) is 5.11. The van der Waals surface area contributed by atoms with Gasteiger partial charge in [-0.05, 0) is 54.7 Å². The quantitative estimate of drug-likeness (QED) is 0.419. The molecule has 3 aromatic rings. The van der Waals surface area contributed by atoms with Crippen molar-refractivity contribution in [3.05, 3.63) is 58.9 Å². The molecule has 0 saturated carbocycles. The van der Waals surface area contributed by atoms with Gasteiger partial charge in [-0.25, -0.2) is 8.42 Å². The summed E-state index contributed by atoms with van der Waals surface area (Å²) < 4.78 is 31.1. The summed E-state index contributed by atoms with van der Waals surface area (Å²) in [4.78, 5) is 18.1. The number of aryl methyl sites for hydroxylation is 1. The van der Waals surface area contributed by atoms with Gasteiger partial charge in [-0.2, -0.15) is 9.30 Å². The summed E-state index contributed by atoms with van der Waals surface area (Å²) in [6.45, 7) is 11.8. The average molecular weight is 488 g/mol. The molecule has 0 spiro atoms. The van der Waals surface area contributed by atoms with E-state index in [1.807, 2.05) is 52.0 Å². The Bertz CT molecular complexity index is 1260. The molecule has 2 aromatic carbocycles. The molecule has 0 bridgehead atoms. The number of aromatic nitrogens is 1. The molecular formula is C25H33N3O3S2. The van der Waals surface area contributed by atoms with Crippen molar-refractivity contribution in [1.82, 2.24) is 8.87 Å². The van der Waals surface area contributed by atoms with E-state index in [4.69, 9.17) is 0 Å². The zero-order valence-corrected chi connectivity index (χ0v) is 21.6. The maximum Gasteiger partial charge on any atom is 0.279 e. The number of thiazole rings is 1. The molecule has 178 valence electrons. The fraction of sp³-hybridized carbons (Fsp3) is 0.440. The fourth-order valence-corrected chi connectivity index (χ4v) is 6.52. The minimum Gasteiger partial charge on any atom is -0.316 e. The van der Waals surface area contributed by atoms with Crippen LogP contribution in [0.15, 0.2) is 58.4 Å². The first kappa shape index (κ1) is 25.3. The Morgan fingerprint density at radius 2 is 1.61 bits per heavy atom.